The van der Waals surface area contributed by atoms with Crippen LogP contribution in [-0.2, 0) is 11.3 Å². The summed E-state index contributed by atoms with van der Waals surface area (Å²) >= 11 is 0. The van der Waals surface area contributed by atoms with Gasteiger partial charge in [0, 0.05) is 43.2 Å². The molecule has 1 unspecified atom stereocenters. The number of carbonyl (C=O) groups excluding carboxylic acids is 1. The second-order valence-corrected chi connectivity index (χ2v) is 6.37. The molecule has 2 aromatic carbocycles. The number of quaternary nitrogens is 1. The van der Waals surface area contributed by atoms with Crippen molar-refractivity contribution in [3.05, 3.63) is 64.2 Å². The van der Waals surface area contributed by atoms with Gasteiger partial charge in [-0.15, -0.1) is 0 Å². The molecule has 7 heteroatoms. The van der Waals surface area contributed by atoms with Gasteiger partial charge in [0.2, 0.25) is 0 Å². The number of non-ortho nitro benzene ring substituents is 1. The number of nitro benzene ring substituents is 1. The van der Waals surface area contributed by atoms with E-state index in [2.05, 4.69) is 29.6 Å². The van der Waals surface area contributed by atoms with Crippen molar-refractivity contribution in [3.8, 4) is 0 Å². The van der Waals surface area contributed by atoms with Gasteiger partial charge in [0.15, 0.2) is 6.54 Å². The fraction of sp³-hybridized carbons (Fsp3) is 0.316. The maximum atomic E-state index is 12.3. The first-order valence-corrected chi connectivity index (χ1v) is 8.53. The highest BCUT2D eigenvalue weighted by Gasteiger charge is 2.15. The Morgan fingerprint density at radius 2 is 1.88 bits per heavy atom. The van der Waals surface area contributed by atoms with E-state index >= 15 is 0 Å². The molecule has 0 bridgehead atoms. The molecule has 2 rings (SSSR count). The Morgan fingerprint density at radius 1 is 1.19 bits per heavy atom. The zero-order chi connectivity index (χ0) is 19.1. The largest absolute Gasteiger partial charge is 0.378 e. The molecule has 2 aromatic rings. The molecule has 0 aliphatic rings. The normalized spacial score (nSPS) is 11.7. The zero-order valence-corrected chi connectivity index (χ0v) is 15.4. The Labute approximate surface area is 153 Å². The van der Waals surface area contributed by atoms with Crippen LogP contribution in [0.1, 0.15) is 12.5 Å². The minimum Gasteiger partial charge on any atom is -0.378 e. The molecule has 0 aliphatic heterocycles. The molecule has 0 saturated heterocycles. The number of carbonyl (C=O) groups is 1. The molecule has 138 valence electrons. The zero-order valence-electron chi connectivity index (χ0n) is 15.4. The average molecular weight is 357 g/mol. The highest BCUT2D eigenvalue weighted by atomic mass is 16.6. The van der Waals surface area contributed by atoms with Crippen LogP contribution >= 0.6 is 0 Å². The minimum absolute atomic E-state index is 0.0384. The second kappa shape index (κ2) is 8.96. The maximum Gasteiger partial charge on any atom is 0.279 e. The van der Waals surface area contributed by atoms with Crippen LogP contribution in [0.3, 0.4) is 0 Å². The van der Waals surface area contributed by atoms with E-state index in [0.717, 1.165) is 29.2 Å². The molecule has 0 saturated carbocycles. The van der Waals surface area contributed by atoms with Gasteiger partial charge in [0.1, 0.15) is 6.54 Å². The average Bonchev–Trinajstić information content (AvgIpc) is 2.61. The fourth-order valence-electron chi connectivity index (χ4n) is 2.64. The highest BCUT2D eigenvalue weighted by Crippen LogP contribution is 2.16. The predicted octanol–water partition coefficient (Wildman–Crippen LogP) is 1.70. The van der Waals surface area contributed by atoms with Crippen LogP contribution in [0.2, 0.25) is 0 Å². The summed E-state index contributed by atoms with van der Waals surface area (Å²) in [7, 11) is 3.99. The molecule has 0 radical (unpaired) electrons. The molecule has 26 heavy (non-hydrogen) atoms. The summed E-state index contributed by atoms with van der Waals surface area (Å²) in [5.41, 5.74) is 2.70. The lowest BCUT2D eigenvalue weighted by Crippen LogP contribution is -3.11. The van der Waals surface area contributed by atoms with Crippen molar-refractivity contribution < 1.29 is 14.6 Å². The number of hydrogen-bond acceptors (Lipinski definition) is 4. The number of nitrogens with one attached hydrogen (secondary N) is 2. The first-order chi connectivity index (χ1) is 12.4. The number of rotatable bonds is 8. The summed E-state index contributed by atoms with van der Waals surface area (Å²) in [6.45, 7) is 3.88. The Kier molecular flexibility index (Phi) is 6.68. The topological polar surface area (TPSA) is 79.9 Å². The van der Waals surface area contributed by atoms with Crippen molar-refractivity contribution in [3.63, 3.8) is 0 Å². The Hall–Kier alpha value is -2.93. The molecule has 1 amide bonds. The first-order valence-electron chi connectivity index (χ1n) is 8.53. The Morgan fingerprint density at radius 3 is 2.46 bits per heavy atom. The molecular formula is C19H25N4O3+. The lowest BCUT2D eigenvalue weighted by molar-refractivity contribution is -0.903. The van der Waals surface area contributed by atoms with E-state index in [9.17, 15) is 14.9 Å². The van der Waals surface area contributed by atoms with Crippen molar-refractivity contribution in [2.24, 2.45) is 0 Å². The highest BCUT2D eigenvalue weighted by molar-refractivity contribution is 5.91. The van der Waals surface area contributed by atoms with Gasteiger partial charge in [-0.25, -0.2) is 0 Å². The van der Waals surface area contributed by atoms with Gasteiger partial charge in [0.05, 0.1) is 11.5 Å². The van der Waals surface area contributed by atoms with Crippen LogP contribution in [0.15, 0.2) is 48.5 Å². The van der Waals surface area contributed by atoms with Gasteiger partial charge in [-0.1, -0.05) is 18.2 Å². The molecule has 2 N–H and O–H groups in total. The van der Waals surface area contributed by atoms with Crippen LogP contribution in [0.4, 0.5) is 17.1 Å². The van der Waals surface area contributed by atoms with E-state index in [-0.39, 0.29) is 11.6 Å². The minimum atomic E-state index is -0.476. The van der Waals surface area contributed by atoms with E-state index in [0.29, 0.717) is 12.2 Å². The molecule has 7 nitrogen and oxygen atoms in total. The smallest absolute Gasteiger partial charge is 0.279 e. The van der Waals surface area contributed by atoms with Gasteiger partial charge in [-0.2, -0.15) is 0 Å². The third-order valence-corrected chi connectivity index (χ3v) is 4.16. The second-order valence-electron chi connectivity index (χ2n) is 6.37. The standard InChI is InChI=1S/C19H24N4O3/c1-4-22(13-15-8-10-17(11-9-15)21(2)3)14-19(24)20-16-6-5-7-18(12-16)23(25)26/h5-12H,4,13-14H2,1-3H3,(H,20,24)/p+1. The van der Waals surface area contributed by atoms with Gasteiger partial charge in [0.25, 0.3) is 11.6 Å². The van der Waals surface area contributed by atoms with Gasteiger partial charge in [-0.05, 0) is 25.1 Å². The molecule has 0 fully saturated rings. The van der Waals surface area contributed by atoms with Crippen molar-refractivity contribution >= 4 is 23.0 Å². The molecule has 0 spiro atoms. The van der Waals surface area contributed by atoms with Crippen LogP contribution in [0.25, 0.3) is 0 Å². The van der Waals surface area contributed by atoms with E-state index in [4.69, 9.17) is 0 Å². The summed E-state index contributed by atoms with van der Waals surface area (Å²) in [4.78, 5) is 25.8. The summed E-state index contributed by atoms with van der Waals surface area (Å²) < 4.78 is 0. The van der Waals surface area contributed by atoms with E-state index in [1.165, 1.54) is 12.1 Å². The third kappa shape index (κ3) is 5.56. The van der Waals surface area contributed by atoms with Crippen molar-refractivity contribution in [1.82, 2.24) is 0 Å². The van der Waals surface area contributed by atoms with Crippen LogP contribution in [-0.4, -0.2) is 38.0 Å². The first kappa shape index (κ1) is 19.4. The molecular weight excluding hydrogens is 332 g/mol. The molecule has 0 aromatic heterocycles. The summed E-state index contributed by atoms with van der Waals surface area (Å²) in [6, 6.07) is 14.2. The molecule has 0 heterocycles. The number of amides is 1. The lowest BCUT2D eigenvalue weighted by Gasteiger charge is -2.18. The van der Waals surface area contributed by atoms with E-state index < -0.39 is 4.92 Å². The summed E-state index contributed by atoms with van der Waals surface area (Å²) in [5.74, 6) is -0.160. The van der Waals surface area contributed by atoms with E-state index in [1.54, 1.807) is 12.1 Å². The summed E-state index contributed by atoms with van der Waals surface area (Å²) in [5, 5.41) is 13.6. The SMILES string of the molecule is CC[NH+](CC(=O)Nc1cccc([N+](=O)[O-])c1)Cc1ccc(N(C)C)cc1. The number of nitro groups is 1. The van der Waals surface area contributed by atoms with Crippen LogP contribution in [0, 0.1) is 10.1 Å². The van der Waals surface area contributed by atoms with Gasteiger partial charge >= 0.3 is 0 Å². The fourth-order valence-corrected chi connectivity index (χ4v) is 2.64. The lowest BCUT2D eigenvalue weighted by atomic mass is 10.2. The maximum absolute atomic E-state index is 12.3. The predicted molar refractivity (Wildman–Crippen MR) is 103 cm³/mol. The van der Waals surface area contributed by atoms with Gasteiger partial charge < -0.3 is 15.1 Å². The van der Waals surface area contributed by atoms with Gasteiger partial charge in [-0.3, -0.25) is 14.9 Å². The van der Waals surface area contributed by atoms with E-state index in [1.807, 2.05) is 25.9 Å². The molecule has 0 aliphatic carbocycles. The Balaban J connectivity index is 1.95. The number of benzene rings is 2. The summed E-state index contributed by atoms with van der Waals surface area (Å²) in [6.07, 6.45) is 0. The third-order valence-electron chi connectivity index (χ3n) is 4.16. The number of nitrogens with zero attached hydrogens (tertiary/aromatic N) is 2. The van der Waals surface area contributed by atoms with Crippen LogP contribution in [0.5, 0.6) is 0 Å². The monoisotopic (exact) mass is 357 g/mol. The number of hydrogen-bond donors (Lipinski definition) is 2. The van der Waals surface area contributed by atoms with Crippen molar-refractivity contribution in [2.45, 2.75) is 13.5 Å². The quantitative estimate of drug-likeness (QED) is 0.557. The number of anilines is 2. The van der Waals surface area contributed by atoms with Crippen LogP contribution < -0.4 is 15.1 Å². The Bertz CT molecular complexity index is 760. The molecule has 1 atom stereocenters. The van der Waals surface area contributed by atoms with Crippen molar-refractivity contribution in [2.75, 3.05) is 37.4 Å². The van der Waals surface area contributed by atoms with Crippen molar-refractivity contribution in [1.29, 1.82) is 0 Å². The number of likely N-dealkylation sites (N-methyl/N-ethyl adjacent to an activating group) is 1.